The van der Waals surface area contributed by atoms with Crippen molar-refractivity contribution in [3.05, 3.63) is 0 Å². The first-order chi connectivity index (χ1) is 13.6. The average Bonchev–Trinajstić information content (AvgIpc) is 3.09. The quantitative estimate of drug-likeness (QED) is 0.563. The molecule has 0 aromatic carbocycles. The number of carbonyl (C=O) groups is 3. The molecule has 0 bridgehead atoms. The van der Waals surface area contributed by atoms with Gasteiger partial charge in [-0.05, 0) is 57.8 Å². The maximum Gasteiger partial charge on any atom is 0.335 e. The lowest BCUT2D eigenvalue weighted by molar-refractivity contribution is -0.131. The molecule has 9 nitrogen and oxygen atoms in total. The summed E-state index contributed by atoms with van der Waals surface area (Å²) >= 11 is 0. The Bertz CT molecular complexity index is 487. The first-order valence-corrected chi connectivity index (χ1v) is 11.4. The number of nitrogens with one attached hydrogen (secondary N) is 3. The summed E-state index contributed by atoms with van der Waals surface area (Å²) in [5.74, 6) is -0.603. The van der Waals surface area contributed by atoms with Gasteiger partial charge in [0.25, 0.3) is 0 Å². The lowest BCUT2D eigenvalue weighted by Crippen LogP contribution is -2.38. The molecule has 0 spiro atoms. The second-order valence-electron chi connectivity index (χ2n) is 7.37. The molecular weight excluding hydrogens is 385 g/mol. The summed E-state index contributed by atoms with van der Waals surface area (Å²) in [7, 11) is -2.03. The van der Waals surface area contributed by atoms with Gasteiger partial charge in [-0.2, -0.15) is 0 Å². The van der Waals surface area contributed by atoms with Crippen molar-refractivity contribution in [1.82, 2.24) is 16.0 Å². The number of carbonyl (C=O) groups excluding carboxylic acids is 3. The summed E-state index contributed by atoms with van der Waals surface area (Å²) in [4.78, 5) is 36.8. The molecule has 3 saturated heterocycles. The monoisotopic (exact) mass is 415 g/mol. The minimum absolute atomic E-state index is 0.201. The normalized spacial score (nSPS) is 30.9. The zero-order chi connectivity index (χ0) is 19.8. The number of rotatable bonds is 6. The van der Waals surface area contributed by atoms with E-state index in [1.54, 1.807) is 0 Å². The molecule has 10 heteroatoms. The van der Waals surface area contributed by atoms with Crippen LogP contribution in [-0.2, 0) is 28.0 Å². The molecule has 28 heavy (non-hydrogen) atoms. The number of hydrogen-bond acceptors (Lipinski definition) is 6. The Labute approximate surface area is 166 Å². The zero-order valence-corrected chi connectivity index (χ0v) is 17.0. The Morgan fingerprint density at radius 1 is 0.571 bits per heavy atom. The summed E-state index contributed by atoms with van der Waals surface area (Å²) < 4.78 is 17.7. The zero-order valence-electron chi connectivity index (χ0n) is 16.1. The highest BCUT2D eigenvalue weighted by Crippen LogP contribution is 2.46. The van der Waals surface area contributed by atoms with Gasteiger partial charge in [-0.15, -0.1) is 0 Å². The molecule has 0 radical (unpaired) electrons. The first-order valence-electron chi connectivity index (χ1n) is 10.3. The molecule has 3 unspecified atom stereocenters. The highest BCUT2D eigenvalue weighted by molar-refractivity contribution is 7.41. The minimum Gasteiger partial charge on any atom is -0.354 e. The summed E-state index contributed by atoms with van der Waals surface area (Å²) in [6, 6.07) is 0. The third kappa shape index (κ3) is 6.37. The lowest BCUT2D eigenvalue weighted by Gasteiger charge is -2.27. The van der Waals surface area contributed by atoms with Crippen LogP contribution in [0.3, 0.4) is 0 Å². The maximum atomic E-state index is 12.3. The fourth-order valence-electron chi connectivity index (χ4n) is 3.42. The Kier molecular flexibility index (Phi) is 8.45. The van der Waals surface area contributed by atoms with Gasteiger partial charge in [0.15, 0.2) is 0 Å². The average molecular weight is 415 g/mol. The van der Waals surface area contributed by atoms with Crippen LogP contribution in [0.25, 0.3) is 0 Å². The van der Waals surface area contributed by atoms with Crippen molar-refractivity contribution in [2.75, 3.05) is 19.6 Å². The molecule has 3 rings (SSSR count). The van der Waals surface area contributed by atoms with Crippen molar-refractivity contribution in [1.29, 1.82) is 0 Å². The summed E-state index contributed by atoms with van der Waals surface area (Å²) in [6.07, 6.45) is 4.80. The van der Waals surface area contributed by atoms with E-state index in [9.17, 15) is 14.4 Å². The van der Waals surface area contributed by atoms with Crippen LogP contribution < -0.4 is 16.0 Å². The molecule has 0 aliphatic carbocycles. The lowest BCUT2D eigenvalue weighted by atomic mass is 10.2. The van der Waals surface area contributed by atoms with Crippen molar-refractivity contribution >= 4 is 26.3 Å². The van der Waals surface area contributed by atoms with Crippen LogP contribution in [0.1, 0.15) is 57.8 Å². The van der Waals surface area contributed by atoms with E-state index in [4.69, 9.17) is 13.6 Å². The van der Waals surface area contributed by atoms with E-state index in [1.165, 1.54) is 0 Å². The van der Waals surface area contributed by atoms with E-state index in [-0.39, 0.29) is 17.7 Å². The van der Waals surface area contributed by atoms with Gasteiger partial charge >= 0.3 is 8.60 Å². The number of hydrogen-bond donors (Lipinski definition) is 3. The van der Waals surface area contributed by atoms with E-state index in [0.717, 1.165) is 38.5 Å². The van der Waals surface area contributed by atoms with Crippen molar-refractivity contribution < 1.29 is 28.0 Å². The van der Waals surface area contributed by atoms with Crippen molar-refractivity contribution in [2.24, 2.45) is 0 Å². The molecule has 0 aromatic rings. The predicted octanol–water partition coefficient (Wildman–Crippen LogP) is 1.27. The fraction of sp³-hybridized carbons (Fsp3) is 0.833. The van der Waals surface area contributed by atoms with E-state index >= 15 is 0 Å². The molecule has 3 N–H and O–H groups in total. The van der Waals surface area contributed by atoms with Crippen molar-refractivity contribution in [3.63, 3.8) is 0 Å². The summed E-state index contributed by atoms with van der Waals surface area (Å²) in [5, 5.41) is 8.46. The first kappa shape index (κ1) is 21.4. The van der Waals surface area contributed by atoms with Crippen molar-refractivity contribution in [3.8, 4) is 0 Å². The second kappa shape index (κ2) is 11.0. The molecule has 3 atom stereocenters. The fourth-order valence-corrected chi connectivity index (χ4v) is 4.80. The van der Waals surface area contributed by atoms with Gasteiger partial charge in [0, 0.05) is 19.6 Å². The van der Waals surface area contributed by atoms with Gasteiger partial charge < -0.3 is 16.0 Å². The van der Waals surface area contributed by atoms with Gasteiger partial charge in [-0.3, -0.25) is 28.0 Å². The molecule has 3 aliphatic rings. The van der Waals surface area contributed by atoms with Gasteiger partial charge in [0.2, 0.25) is 17.7 Å². The second-order valence-corrected chi connectivity index (χ2v) is 8.45. The third-order valence-electron chi connectivity index (χ3n) is 5.09. The molecule has 0 saturated carbocycles. The topological polar surface area (TPSA) is 115 Å². The Hall–Kier alpha value is -1.28. The number of amides is 3. The van der Waals surface area contributed by atoms with Crippen LogP contribution in [0.5, 0.6) is 0 Å². The van der Waals surface area contributed by atoms with Crippen LogP contribution in [0.2, 0.25) is 0 Å². The molecule has 3 aliphatic heterocycles. The van der Waals surface area contributed by atoms with E-state index in [0.29, 0.717) is 38.9 Å². The highest BCUT2D eigenvalue weighted by atomic mass is 31.2. The molecular formula is C18H30N3O6P. The Morgan fingerprint density at radius 3 is 1.21 bits per heavy atom. The maximum absolute atomic E-state index is 12.3. The van der Waals surface area contributed by atoms with Crippen LogP contribution in [-0.4, -0.2) is 55.7 Å². The molecule has 158 valence electrons. The van der Waals surface area contributed by atoms with Crippen LogP contribution in [0.15, 0.2) is 0 Å². The Morgan fingerprint density at radius 2 is 0.893 bits per heavy atom. The van der Waals surface area contributed by atoms with E-state index in [2.05, 4.69) is 16.0 Å². The van der Waals surface area contributed by atoms with Gasteiger partial charge in [0.05, 0.1) is 0 Å². The van der Waals surface area contributed by atoms with Gasteiger partial charge in [-0.25, -0.2) is 0 Å². The summed E-state index contributed by atoms with van der Waals surface area (Å²) in [6.45, 7) is 1.86. The predicted molar refractivity (Wildman–Crippen MR) is 102 cm³/mol. The molecule has 0 aromatic heterocycles. The SMILES string of the molecule is O=C1NCCCCC1OP(OC1CCCCNC1=O)OC1CCCCNC1=O. The largest absolute Gasteiger partial charge is 0.354 e. The van der Waals surface area contributed by atoms with Crippen LogP contribution >= 0.6 is 8.60 Å². The smallest absolute Gasteiger partial charge is 0.335 e. The highest BCUT2D eigenvalue weighted by Gasteiger charge is 2.35. The van der Waals surface area contributed by atoms with Gasteiger partial charge in [0.1, 0.15) is 18.3 Å². The van der Waals surface area contributed by atoms with Crippen LogP contribution in [0, 0.1) is 0 Å². The van der Waals surface area contributed by atoms with Crippen molar-refractivity contribution in [2.45, 2.75) is 76.1 Å². The molecule has 3 heterocycles. The Balaban J connectivity index is 1.69. The molecule has 3 amide bonds. The summed E-state index contributed by atoms with van der Waals surface area (Å²) in [5.41, 5.74) is 0. The van der Waals surface area contributed by atoms with Gasteiger partial charge in [-0.1, -0.05) is 0 Å². The van der Waals surface area contributed by atoms with E-state index in [1.807, 2.05) is 0 Å². The standard InChI is InChI=1S/C18H30N3O6P/c22-16-13(7-1-4-10-19-16)25-28(26-14-8-2-5-11-20-17(14)23)27-15-9-3-6-12-21-18(15)24/h13-15H,1-12H2,(H,19,22)(H,20,23)(H,21,24). The third-order valence-corrected chi connectivity index (χ3v) is 6.37. The molecule has 3 fully saturated rings. The van der Waals surface area contributed by atoms with E-state index < -0.39 is 26.9 Å². The minimum atomic E-state index is -2.03. The van der Waals surface area contributed by atoms with Crippen LogP contribution in [0.4, 0.5) is 0 Å².